The number of nitrogens with one attached hydrogen (secondary N) is 1. The Balaban J connectivity index is 3.19. The number of nitrogens with zero attached hydrogens (tertiary/aromatic N) is 1. The Hall–Kier alpha value is -0.980. The van der Waals surface area contributed by atoms with E-state index in [0.717, 1.165) is 15.7 Å². The van der Waals surface area contributed by atoms with Crippen LogP contribution in [0.3, 0.4) is 0 Å². The summed E-state index contributed by atoms with van der Waals surface area (Å²) in [6, 6.07) is 7.41. The molecule has 1 rings (SSSR count). The van der Waals surface area contributed by atoms with E-state index in [9.17, 15) is 0 Å². The quantitative estimate of drug-likeness (QED) is 0.839. The van der Waals surface area contributed by atoms with Gasteiger partial charge in [-0.3, -0.25) is 0 Å². The number of hydrogen-bond donors (Lipinski definition) is 1. The van der Waals surface area contributed by atoms with Crippen LogP contribution in [0.5, 0.6) is 0 Å². The van der Waals surface area contributed by atoms with Crippen molar-refractivity contribution in [1.29, 1.82) is 5.26 Å². The monoisotopic (exact) mass is 270 g/mol. The van der Waals surface area contributed by atoms with Crippen LogP contribution in [-0.2, 0) is 0 Å². The van der Waals surface area contributed by atoms with Gasteiger partial charge in [0.15, 0.2) is 0 Å². The molecule has 1 aromatic rings. The lowest BCUT2D eigenvalue weighted by atomic mass is 10.1. The van der Waals surface area contributed by atoms with Crippen molar-refractivity contribution in [2.24, 2.45) is 0 Å². The van der Waals surface area contributed by atoms with E-state index in [4.69, 9.17) is 16.9 Å². The highest BCUT2D eigenvalue weighted by Crippen LogP contribution is 2.25. The molecule has 0 aliphatic rings. The second-order valence-corrected chi connectivity index (χ2v) is 3.85. The summed E-state index contributed by atoms with van der Waals surface area (Å²) in [5.41, 5.74) is 1.68. The van der Waals surface area contributed by atoms with Gasteiger partial charge in [0, 0.05) is 28.2 Å². The van der Waals surface area contributed by atoms with Crippen molar-refractivity contribution in [2.75, 3.05) is 7.05 Å². The summed E-state index contributed by atoms with van der Waals surface area (Å²) >= 11 is 9.19. The number of hydrogen-bond acceptors (Lipinski definition) is 2. The zero-order chi connectivity index (χ0) is 10.6. The first-order chi connectivity index (χ1) is 6.69. The fourth-order valence-corrected chi connectivity index (χ4v) is 1.95. The number of nitriles is 1. The zero-order valence-electron chi connectivity index (χ0n) is 7.51. The van der Waals surface area contributed by atoms with Crippen molar-refractivity contribution >= 4 is 33.2 Å². The van der Waals surface area contributed by atoms with Gasteiger partial charge in [-0.05, 0) is 12.1 Å². The van der Waals surface area contributed by atoms with Crippen molar-refractivity contribution in [2.45, 2.75) is 0 Å². The van der Waals surface area contributed by atoms with Crippen LogP contribution in [0.1, 0.15) is 5.56 Å². The molecular weight excluding hydrogens is 263 g/mol. The Labute approximate surface area is 96.3 Å². The van der Waals surface area contributed by atoms with Gasteiger partial charge in [0.25, 0.3) is 0 Å². The van der Waals surface area contributed by atoms with E-state index in [1.807, 2.05) is 12.1 Å². The van der Waals surface area contributed by atoms with Gasteiger partial charge in [0.05, 0.1) is 11.8 Å². The fourth-order valence-electron chi connectivity index (χ4n) is 1.06. The molecule has 0 bridgehead atoms. The topological polar surface area (TPSA) is 35.8 Å². The number of rotatable bonds is 2. The smallest absolute Gasteiger partial charge is 0.0933 e. The summed E-state index contributed by atoms with van der Waals surface area (Å²) in [7, 11) is 1.77. The minimum Gasteiger partial charge on any atom is -0.387 e. The van der Waals surface area contributed by atoms with E-state index in [-0.39, 0.29) is 0 Å². The van der Waals surface area contributed by atoms with Crippen LogP contribution in [0.4, 0.5) is 0 Å². The molecule has 0 aromatic heterocycles. The Bertz CT molecular complexity index is 407. The second kappa shape index (κ2) is 5.04. The first-order valence-corrected chi connectivity index (χ1v) is 5.09. The lowest BCUT2D eigenvalue weighted by Crippen LogP contribution is -2.04. The molecule has 4 heteroatoms. The van der Waals surface area contributed by atoms with Crippen molar-refractivity contribution < 1.29 is 0 Å². The lowest BCUT2D eigenvalue weighted by molar-refractivity contribution is 1.12. The molecule has 1 aromatic carbocycles. The molecule has 0 aliphatic carbocycles. The largest absolute Gasteiger partial charge is 0.387 e. The van der Waals surface area contributed by atoms with Gasteiger partial charge >= 0.3 is 0 Å². The van der Waals surface area contributed by atoms with Gasteiger partial charge in [0.2, 0.25) is 0 Å². The summed E-state index contributed by atoms with van der Waals surface area (Å²) in [6.07, 6.45) is 1.45. The minimum atomic E-state index is 0.660. The van der Waals surface area contributed by atoms with E-state index in [1.54, 1.807) is 19.2 Å². The van der Waals surface area contributed by atoms with Crippen LogP contribution in [0, 0.1) is 11.3 Å². The van der Waals surface area contributed by atoms with Crippen LogP contribution in [0.25, 0.3) is 5.70 Å². The number of halogens is 2. The fraction of sp³-hybridized carbons (Fsp3) is 0.100. The molecule has 1 N–H and O–H groups in total. The molecular formula is C10H8BrClN2. The third-order valence-electron chi connectivity index (χ3n) is 1.70. The number of benzene rings is 1. The molecule has 0 radical (unpaired) electrons. The maximum atomic E-state index is 8.57. The predicted octanol–water partition coefficient (Wildman–Crippen LogP) is 3.19. The van der Waals surface area contributed by atoms with Gasteiger partial charge in [-0.25, -0.2) is 0 Å². The molecule has 0 heterocycles. The highest BCUT2D eigenvalue weighted by atomic mass is 79.9. The summed E-state index contributed by atoms with van der Waals surface area (Å²) in [6.45, 7) is 0. The summed E-state index contributed by atoms with van der Waals surface area (Å²) in [5, 5.41) is 12.2. The molecule has 14 heavy (non-hydrogen) atoms. The first kappa shape index (κ1) is 11.1. The Morgan fingerprint density at radius 3 is 2.86 bits per heavy atom. The SMILES string of the molecule is CNC(=CC#N)c1ccc(Cl)cc1Br. The first-order valence-electron chi connectivity index (χ1n) is 3.92. The summed E-state index contributed by atoms with van der Waals surface area (Å²) in [4.78, 5) is 0. The van der Waals surface area contributed by atoms with Gasteiger partial charge in [-0.15, -0.1) is 0 Å². The van der Waals surface area contributed by atoms with Crippen molar-refractivity contribution in [3.05, 3.63) is 39.3 Å². The van der Waals surface area contributed by atoms with E-state index < -0.39 is 0 Å². The predicted molar refractivity (Wildman–Crippen MR) is 61.8 cm³/mol. The normalized spacial score (nSPS) is 10.9. The van der Waals surface area contributed by atoms with Crippen LogP contribution < -0.4 is 5.32 Å². The van der Waals surface area contributed by atoms with Crippen LogP contribution in [-0.4, -0.2) is 7.05 Å². The minimum absolute atomic E-state index is 0.660. The number of allylic oxidation sites excluding steroid dienone is 1. The lowest BCUT2D eigenvalue weighted by Gasteiger charge is -2.07. The Kier molecular flexibility index (Phi) is 3.99. The average molecular weight is 272 g/mol. The van der Waals surface area contributed by atoms with Gasteiger partial charge in [-0.1, -0.05) is 33.6 Å². The third-order valence-corrected chi connectivity index (χ3v) is 2.59. The molecule has 0 unspecified atom stereocenters. The second-order valence-electron chi connectivity index (χ2n) is 2.56. The van der Waals surface area contributed by atoms with Gasteiger partial charge in [0.1, 0.15) is 0 Å². The maximum absolute atomic E-state index is 8.57. The molecule has 0 saturated heterocycles. The van der Waals surface area contributed by atoms with Crippen molar-refractivity contribution in [1.82, 2.24) is 5.32 Å². The maximum Gasteiger partial charge on any atom is 0.0933 e. The van der Waals surface area contributed by atoms with E-state index in [1.165, 1.54) is 6.08 Å². The van der Waals surface area contributed by atoms with Gasteiger partial charge < -0.3 is 5.32 Å². The third kappa shape index (κ3) is 2.50. The Morgan fingerprint density at radius 2 is 2.36 bits per heavy atom. The summed E-state index contributed by atoms with van der Waals surface area (Å²) < 4.78 is 0.862. The van der Waals surface area contributed by atoms with Crippen LogP contribution in [0.2, 0.25) is 5.02 Å². The Morgan fingerprint density at radius 1 is 1.64 bits per heavy atom. The van der Waals surface area contributed by atoms with E-state index >= 15 is 0 Å². The average Bonchev–Trinajstić information content (AvgIpc) is 2.15. The summed E-state index contributed by atoms with van der Waals surface area (Å²) in [5.74, 6) is 0. The molecule has 2 nitrogen and oxygen atoms in total. The molecule has 0 atom stereocenters. The molecule has 0 spiro atoms. The highest BCUT2D eigenvalue weighted by molar-refractivity contribution is 9.10. The molecule has 0 amide bonds. The van der Waals surface area contributed by atoms with Crippen LogP contribution >= 0.6 is 27.5 Å². The molecule has 0 fully saturated rings. The van der Waals surface area contributed by atoms with E-state index in [0.29, 0.717) is 5.02 Å². The van der Waals surface area contributed by atoms with Gasteiger partial charge in [-0.2, -0.15) is 5.26 Å². The standard InChI is InChI=1S/C10H8BrClN2/c1-14-10(4-5-13)8-3-2-7(12)6-9(8)11/h2-4,6,14H,1H3. The highest BCUT2D eigenvalue weighted by Gasteiger charge is 2.04. The molecule has 0 aliphatic heterocycles. The van der Waals surface area contributed by atoms with Crippen molar-refractivity contribution in [3.63, 3.8) is 0 Å². The van der Waals surface area contributed by atoms with E-state index in [2.05, 4.69) is 21.2 Å². The van der Waals surface area contributed by atoms with Crippen LogP contribution in [0.15, 0.2) is 28.7 Å². The zero-order valence-corrected chi connectivity index (χ0v) is 9.85. The van der Waals surface area contributed by atoms with Crippen molar-refractivity contribution in [3.8, 4) is 6.07 Å². The molecule has 0 saturated carbocycles. The molecule has 72 valence electrons.